The van der Waals surface area contributed by atoms with Crippen LogP contribution in [0.4, 0.5) is 0 Å². The van der Waals surface area contributed by atoms with Gasteiger partial charge in [0.1, 0.15) is 0 Å². The normalized spacial score (nSPS) is 16.2. The minimum Gasteiger partial charge on any atom is -0.345 e. The van der Waals surface area contributed by atoms with E-state index in [9.17, 15) is 9.59 Å². The lowest BCUT2D eigenvalue weighted by atomic mass is 10.2. The molecule has 1 N–H and O–H groups in total. The lowest BCUT2D eigenvalue weighted by molar-refractivity contribution is -0.141. The maximum Gasteiger partial charge on any atom is 0.242 e. The quantitative estimate of drug-likeness (QED) is 0.877. The van der Waals surface area contributed by atoms with Gasteiger partial charge in [0.2, 0.25) is 11.8 Å². The fourth-order valence-corrected chi connectivity index (χ4v) is 1.82. The standard InChI is InChI=1S/C11H11BrN2O2/c12-9-3-1-8(2-4-9)6-14-7-10(15)13-5-11(14)16/h1-4H,5-7H2,(H,13,15). The highest BCUT2D eigenvalue weighted by Gasteiger charge is 2.22. The average molecular weight is 283 g/mol. The van der Waals surface area contributed by atoms with Gasteiger partial charge in [-0.3, -0.25) is 9.59 Å². The van der Waals surface area contributed by atoms with E-state index in [-0.39, 0.29) is 24.9 Å². The number of carbonyl (C=O) groups excluding carboxylic acids is 2. The van der Waals surface area contributed by atoms with E-state index >= 15 is 0 Å². The van der Waals surface area contributed by atoms with E-state index in [2.05, 4.69) is 21.2 Å². The predicted molar refractivity (Wildman–Crippen MR) is 62.6 cm³/mol. The van der Waals surface area contributed by atoms with Crippen LogP contribution in [0.25, 0.3) is 0 Å². The molecule has 16 heavy (non-hydrogen) atoms. The summed E-state index contributed by atoms with van der Waals surface area (Å²) in [6, 6.07) is 7.71. The van der Waals surface area contributed by atoms with E-state index in [0.29, 0.717) is 6.54 Å². The lowest BCUT2D eigenvalue weighted by Crippen LogP contribution is -2.50. The number of halogens is 1. The molecular weight excluding hydrogens is 272 g/mol. The van der Waals surface area contributed by atoms with Crippen molar-refractivity contribution in [1.29, 1.82) is 0 Å². The maximum atomic E-state index is 11.5. The van der Waals surface area contributed by atoms with Crippen molar-refractivity contribution in [3.05, 3.63) is 34.3 Å². The Kier molecular flexibility index (Phi) is 3.24. The summed E-state index contributed by atoms with van der Waals surface area (Å²) in [6.07, 6.45) is 0. The Morgan fingerprint density at radius 3 is 2.62 bits per heavy atom. The summed E-state index contributed by atoms with van der Waals surface area (Å²) in [5.74, 6) is -0.140. The van der Waals surface area contributed by atoms with Gasteiger partial charge in [-0.1, -0.05) is 28.1 Å². The molecule has 1 aromatic carbocycles. The van der Waals surface area contributed by atoms with Gasteiger partial charge >= 0.3 is 0 Å². The monoisotopic (exact) mass is 282 g/mol. The molecule has 1 aliphatic rings. The summed E-state index contributed by atoms with van der Waals surface area (Å²) < 4.78 is 0.999. The van der Waals surface area contributed by atoms with Crippen LogP contribution in [-0.2, 0) is 16.1 Å². The van der Waals surface area contributed by atoms with Crippen LogP contribution in [0.15, 0.2) is 28.7 Å². The summed E-state index contributed by atoms with van der Waals surface area (Å²) in [4.78, 5) is 24.2. The van der Waals surface area contributed by atoms with Crippen molar-refractivity contribution < 1.29 is 9.59 Å². The molecule has 84 valence electrons. The molecule has 0 aromatic heterocycles. The van der Waals surface area contributed by atoms with E-state index in [4.69, 9.17) is 0 Å². The van der Waals surface area contributed by atoms with Gasteiger partial charge in [0.25, 0.3) is 0 Å². The molecule has 0 atom stereocenters. The summed E-state index contributed by atoms with van der Waals surface area (Å²) in [5, 5.41) is 2.52. The van der Waals surface area contributed by atoms with Gasteiger partial charge in [-0.05, 0) is 17.7 Å². The fourth-order valence-electron chi connectivity index (χ4n) is 1.56. The van der Waals surface area contributed by atoms with Crippen LogP contribution in [0.1, 0.15) is 5.56 Å². The summed E-state index contributed by atoms with van der Waals surface area (Å²) in [5.41, 5.74) is 1.02. The third-order valence-corrected chi connectivity index (χ3v) is 2.94. The molecule has 0 bridgehead atoms. The molecule has 0 aliphatic carbocycles. The number of nitrogens with one attached hydrogen (secondary N) is 1. The molecule has 0 radical (unpaired) electrons. The largest absolute Gasteiger partial charge is 0.345 e. The van der Waals surface area contributed by atoms with Gasteiger partial charge < -0.3 is 10.2 Å². The van der Waals surface area contributed by atoms with Crippen LogP contribution in [0, 0.1) is 0 Å². The molecule has 1 heterocycles. The first kappa shape index (κ1) is 11.1. The van der Waals surface area contributed by atoms with Gasteiger partial charge in [-0.25, -0.2) is 0 Å². The first-order valence-corrected chi connectivity index (χ1v) is 5.73. The van der Waals surface area contributed by atoms with Gasteiger partial charge in [0.15, 0.2) is 0 Å². The van der Waals surface area contributed by atoms with Crippen LogP contribution in [0.3, 0.4) is 0 Å². The molecule has 4 nitrogen and oxygen atoms in total. The SMILES string of the molecule is O=C1CN(Cc2ccc(Br)cc2)C(=O)CN1. The number of amides is 2. The van der Waals surface area contributed by atoms with Gasteiger partial charge in [0.05, 0.1) is 13.1 Å². The minimum absolute atomic E-state index is 0.0393. The van der Waals surface area contributed by atoms with Crippen LogP contribution in [0.2, 0.25) is 0 Å². The first-order chi connectivity index (χ1) is 7.65. The predicted octanol–water partition coefficient (Wildman–Crippen LogP) is 0.908. The van der Waals surface area contributed by atoms with E-state index < -0.39 is 0 Å². The molecule has 2 rings (SSSR count). The van der Waals surface area contributed by atoms with Gasteiger partial charge in [0, 0.05) is 11.0 Å². The van der Waals surface area contributed by atoms with E-state index in [1.165, 1.54) is 0 Å². The molecule has 1 saturated heterocycles. The van der Waals surface area contributed by atoms with Crippen LogP contribution in [-0.4, -0.2) is 29.8 Å². The zero-order chi connectivity index (χ0) is 11.5. The zero-order valence-corrected chi connectivity index (χ0v) is 10.2. The number of piperazine rings is 1. The summed E-state index contributed by atoms with van der Waals surface area (Å²) in [6.45, 7) is 0.740. The van der Waals surface area contributed by atoms with Gasteiger partial charge in [-0.15, -0.1) is 0 Å². The van der Waals surface area contributed by atoms with Crippen molar-refractivity contribution in [1.82, 2.24) is 10.2 Å². The number of carbonyl (C=O) groups is 2. The first-order valence-electron chi connectivity index (χ1n) is 4.94. The van der Waals surface area contributed by atoms with Crippen molar-refractivity contribution in [3.8, 4) is 0 Å². The van der Waals surface area contributed by atoms with Crippen molar-refractivity contribution in [2.24, 2.45) is 0 Å². The summed E-state index contributed by atoms with van der Waals surface area (Å²) >= 11 is 3.35. The zero-order valence-electron chi connectivity index (χ0n) is 8.57. The average Bonchev–Trinajstić information content (AvgIpc) is 2.27. The highest BCUT2D eigenvalue weighted by Crippen LogP contribution is 2.12. The maximum absolute atomic E-state index is 11.5. The Balaban J connectivity index is 2.05. The summed E-state index contributed by atoms with van der Waals surface area (Å²) in [7, 11) is 0. The molecule has 1 aromatic rings. The fraction of sp³-hybridized carbons (Fsp3) is 0.273. The lowest BCUT2D eigenvalue weighted by Gasteiger charge is -2.26. The topological polar surface area (TPSA) is 49.4 Å². The second-order valence-electron chi connectivity index (χ2n) is 3.65. The molecule has 0 unspecified atom stereocenters. The molecular formula is C11H11BrN2O2. The van der Waals surface area contributed by atoms with E-state index in [0.717, 1.165) is 10.0 Å². The molecule has 1 fully saturated rings. The van der Waals surface area contributed by atoms with Crippen molar-refractivity contribution in [2.75, 3.05) is 13.1 Å². The second-order valence-corrected chi connectivity index (χ2v) is 4.57. The highest BCUT2D eigenvalue weighted by molar-refractivity contribution is 9.10. The van der Waals surface area contributed by atoms with E-state index in [1.54, 1.807) is 4.90 Å². The Morgan fingerprint density at radius 1 is 1.25 bits per heavy atom. The third kappa shape index (κ3) is 2.61. The molecule has 0 saturated carbocycles. The highest BCUT2D eigenvalue weighted by atomic mass is 79.9. The number of rotatable bonds is 2. The third-order valence-electron chi connectivity index (χ3n) is 2.41. The Hall–Kier alpha value is -1.36. The van der Waals surface area contributed by atoms with Crippen LogP contribution >= 0.6 is 15.9 Å². The Bertz CT molecular complexity index is 416. The number of hydrogen-bond donors (Lipinski definition) is 1. The minimum atomic E-state index is -0.100. The van der Waals surface area contributed by atoms with E-state index in [1.807, 2.05) is 24.3 Å². The second kappa shape index (κ2) is 4.65. The van der Waals surface area contributed by atoms with Crippen molar-refractivity contribution >= 4 is 27.7 Å². The number of benzene rings is 1. The number of hydrogen-bond acceptors (Lipinski definition) is 2. The Labute approximate surface area is 102 Å². The smallest absolute Gasteiger partial charge is 0.242 e. The molecule has 1 aliphatic heterocycles. The number of nitrogens with zero attached hydrogens (tertiary/aromatic N) is 1. The molecule has 5 heteroatoms. The molecule has 0 spiro atoms. The van der Waals surface area contributed by atoms with Crippen molar-refractivity contribution in [3.63, 3.8) is 0 Å². The van der Waals surface area contributed by atoms with Gasteiger partial charge in [-0.2, -0.15) is 0 Å². The molecule has 2 amide bonds. The Morgan fingerprint density at radius 2 is 1.94 bits per heavy atom. The van der Waals surface area contributed by atoms with Crippen molar-refractivity contribution in [2.45, 2.75) is 6.54 Å². The van der Waals surface area contributed by atoms with Crippen LogP contribution in [0.5, 0.6) is 0 Å². The van der Waals surface area contributed by atoms with Crippen LogP contribution < -0.4 is 5.32 Å².